The van der Waals surface area contributed by atoms with Crippen LogP contribution >= 0.6 is 0 Å². The smallest absolute Gasteiger partial charge is 0.349 e. The average Bonchev–Trinajstić information content (AvgIpc) is 3.09. The summed E-state index contributed by atoms with van der Waals surface area (Å²) < 4.78 is 15.4. The molecule has 1 aromatic carbocycles. The van der Waals surface area contributed by atoms with Crippen molar-refractivity contribution in [1.82, 2.24) is 0 Å². The Morgan fingerprint density at radius 1 is 1.08 bits per heavy atom. The van der Waals surface area contributed by atoms with Crippen LogP contribution in [0.5, 0.6) is 0 Å². The number of benzene rings is 1. The lowest BCUT2D eigenvalue weighted by atomic mass is 10.1. The van der Waals surface area contributed by atoms with Crippen LogP contribution in [-0.4, -0.2) is 25.2 Å². The fraction of sp³-hybridized carbons (Fsp3) is 0.211. The second-order valence-electron chi connectivity index (χ2n) is 4.89. The van der Waals surface area contributed by atoms with E-state index in [1.54, 1.807) is 56.3 Å². The lowest BCUT2D eigenvalue weighted by molar-refractivity contribution is -0.137. The summed E-state index contributed by atoms with van der Waals surface area (Å²) in [5, 5.41) is 9.03. The minimum absolute atomic E-state index is 0.139. The summed E-state index contributed by atoms with van der Waals surface area (Å²) >= 11 is 0. The molecule has 6 nitrogen and oxygen atoms in total. The van der Waals surface area contributed by atoms with Gasteiger partial charge in [0.15, 0.2) is 0 Å². The Hall–Kier alpha value is -3.33. The third-order valence-corrected chi connectivity index (χ3v) is 3.21. The zero-order valence-corrected chi connectivity index (χ0v) is 13.9. The molecule has 128 valence electrons. The lowest BCUT2D eigenvalue weighted by Crippen LogP contribution is -2.05. The SMILES string of the molecule is CCOC(=O)/C(C#N)=C\c1ccc(-c2ccc(C(=O)OCC)cc2)o1. The van der Waals surface area contributed by atoms with E-state index in [9.17, 15) is 9.59 Å². The van der Waals surface area contributed by atoms with E-state index in [0.717, 1.165) is 5.56 Å². The zero-order valence-electron chi connectivity index (χ0n) is 13.9. The van der Waals surface area contributed by atoms with Crippen LogP contribution < -0.4 is 0 Å². The van der Waals surface area contributed by atoms with Crippen LogP contribution in [0.3, 0.4) is 0 Å². The monoisotopic (exact) mass is 339 g/mol. The number of carbonyl (C=O) groups is 2. The van der Waals surface area contributed by atoms with Gasteiger partial charge in [0.2, 0.25) is 0 Å². The molecule has 6 heteroatoms. The van der Waals surface area contributed by atoms with Gasteiger partial charge in [-0.3, -0.25) is 0 Å². The maximum atomic E-state index is 11.6. The number of esters is 2. The van der Waals surface area contributed by atoms with Gasteiger partial charge in [-0.1, -0.05) is 12.1 Å². The van der Waals surface area contributed by atoms with Gasteiger partial charge in [-0.2, -0.15) is 5.26 Å². The predicted molar refractivity (Wildman–Crippen MR) is 90.3 cm³/mol. The summed E-state index contributed by atoms with van der Waals surface area (Å²) in [6, 6.07) is 11.9. The first kappa shape index (κ1) is 18.0. The van der Waals surface area contributed by atoms with Crippen LogP contribution in [0.4, 0.5) is 0 Å². The lowest BCUT2D eigenvalue weighted by Gasteiger charge is -2.02. The Morgan fingerprint density at radius 3 is 2.36 bits per heavy atom. The molecule has 0 amide bonds. The molecule has 0 bridgehead atoms. The summed E-state index contributed by atoms with van der Waals surface area (Å²) in [6.45, 7) is 3.91. The molecule has 0 N–H and O–H groups in total. The van der Waals surface area contributed by atoms with Gasteiger partial charge in [-0.05, 0) is 38.1 Å². The molecule has 0 radical (unpaired) electrons. The van der Waals surface area contributed by atoms with E-state index >= 15 is 0 Å². The maximum absolute atomic E-state index is 11.6. The van der Waals surface area contributed by atoms with Crippen LogP contribution in [0.25, 0.3) is 17.4 Å². The quantitative estimate of drug-likeness (QED) is 0.454. The molecular weight excluding hydrogens is 322 g/mol. The summed E-state index contributed by atoms with van der Waals surface area (Å²) in [4.78, 5) is 23.3. The number of carbonyl (C=O) groups excluding carboxylic acids is 2. The van der Waals surface area contributed by atoms with E-state index in [-0.39, 0.29) is 18.1 Å². The van der Waals surface area contributed by atoms with Crippen molar-refractivity contribution in [2.45, 2.75) is 13.8 Å². The first-order chi connectivity index (χ1) is 12.1. The topological polar surface area (TPSA) is 89.5 Å². The van der Waals surface area contributed by atoms with Crippen LogP contribution in [-0.2, 0) is 14.3 Å². The first-order valence-electron chi connectivity index (χ1n) is 7.75. The highest BCUT2D eigenvalue weighted by Gasteiger charge is 2.12. The van der Waals surface area contributed by atoms with E-state index in [1.165, 1.54) is 6.08 Å². The van der Waals surface area contributed by atoms with Crippen molar-refractivity contribution >= 4 is 18.0 Å². The van der Waals surface area contributed by atoms with E-state index < -0.39 is 5.97 Å². The Labute approximate surface area is 145 Å². The fourth-order valence-electron chi connectivity index (χ4n) is 2.06. The van der Waals surface area contributed by atoms with E-state index in [2.05, 4.69) is 0 Å². The minimum atomic E-state index is -0.693. The Kier molecular flexibility index (Phi) is 6.13. The van der Waals surface area contributed by atoms with E-state index in [0.29, 0.717) is 23.7 Å². The van der Waals surface area contributed by atoms with Crippen LogP contribution in [0.1, 0.15) is 30.0 Å². The van der Waals surface area contributed by atoms with E-state index in [4.69, 9.17) is 19.2 Å². The summed E-state index contributed by atoms with van der Waals surface area (Å²) in [6.07, 6.45) is 1.33. The Bertz CT molecular complexity index is 824. The second-order valence-corrected chi connectivity index (χ2v) is 4.89. The van der Waals surface area contributed by atoms with Crippen molar-refractivity contribution in [1.29, 1.82) is 5.26 Å². The Morgan fingerprint density at radius 2 is 1.76 bits per heavy atom. The minimum Gasteiger partial charge on any atom is -0.462 e. The molecule has 0 saturated carbocycles. The molecule has 25 heavy (non-hydrogen) atoms. The van der Waals surface area contributed by atoms with Crippen molar-refractivity contribution in [3.63, 3.8) is 0 Å². The molecule has 0 aliphatic heterocycles. The van der Waals surface area contributed by atoms with Crippen LogP contribution in [0.2, 0.25) is 0 Å². The molecule has 0 spiro atoms. The van der Waals surface area contributed by atoms with Crippen molar-refractivity contribution in [3.05, 3.63) is 53.3 Å². The fourth-order valence-corrected chi connectivity index (χ4v) is 2.06. The highest BCUT2D eigenvalue weighted by molar-refractivity contribution is 5.97. The van der Waals surface area contributed by atoms with Crippen molar-refractivity contribution in [2.75, 3.05) is 13.2 Å². The predicted octanol–water partition coefficient (Wildman–Crippen LogP) is 3.59. The molecule has 1 aromatic heterocycles. The number of hydrogen-bond donors (Lipinski definition) is 0. The molecule has 0 unspecified atom stereocenters. The van der Waals surface area contributed by atoms with Gasteiger partial charge < -0.3 is 13.9 Å². The molecule has 2 rings (SSSR count). The van der Waals surface area contributed by atoms with Gasteiger partial charge in [-0.25, -0.2) is 9.59 Å². The van der Waals surface area contributed by atoms with Gasteiger partial charge in [0.05, 0.1) is 18.8 Å². The number of hydrogen-bond acceptors (Lipinski definition) is 6. The molecule has 0 saturated heterocycles. The van der Waals surface area contributed by atoms with Gasteiger partial charge >= 0.3 is 11.9 Å². The van der Waals surface area contributed by atoms with Gasteiger partial charge in [0, 0.05) is 11.6 Å². The van der Waals surface area contributed by atoms with Crippen LogP contribution in [0.15, 0.2) is 46.4 Å². The zero-order chi connectivity index (χ0) is 18.2. The third-order valence-electron chi connectivity index (χ3n) is 3.21. The number of nitrogens with zero attached hydrogens (tertiary/aromatic N) is 1. The Balaban J connectivity index is 2.19. The standard InChI is InChI=1S/C19H17NO5/c1-3-23-18(21)14-7-5-13(6-8-14)17-10-9-16(25-17)11-15(12-20)19(22)24-4-2/h5-11H,3-4H2,1-2H3/b15-11-. The highest BCUT2D eigenvalue weighted by atomic mass is 16.5. The molecule has 0 fully saturated rings. The van der Waals surface area contributed by atoms with Gasteiger partial charge in [0.25, 0.3) is 0 Å². The number of rotatable bonds is 6. The van der Waals surface area contributed by atoms with Crippen molar-refractivity contribution in [2.24, 2.45) is 0 Å². The summed E-state index contributed by atoms with van der Waals surface area (Å²) in [5.74, 6) is -0.177. The molecule has 2 aromatic rings. The van der Waals surface area contributed by atoms with E-state index in [1.807, 2.05) is 0 Å². The number of nitriles is 1. The summed E-state index contributed by atoms with van der Waals surface area (Å²) in [5.41, 5.74) is 1.06. The average molecular weight is 339 g/mol. The molecule has 1 heterocycles. The van der Waals surface area contributed by atoms with Crippen molar-refractivity contribution in [3.8, 4) is 17.4 Å². The van der Waals surface area contributed by atoms with Gasteiger partial charge in [-0.15, -0.1) is 0 Å². The normalized spacial score (nSPS) is 10.8. The third kappa shape index (κ3) is 4.58. The maximum Gasteiger partial charge on any atom is 0.349 e. The summed E-state index contributed by atoms with van der Waals surface area (Å²) in [7, 11) is 0. The molecular formula is C19H17NO5. The number of furan rings is 1. The molecule has 0 aliphatic rings. The van der Waals surface area contributed by atoms with Crippen molar-refractivity contribution < 1.29 is 23.5 Å². The first-order valence-corrected chi connectivity index (χ1v) is 7.75. The molecule has 0 aliphatic carbocycles. The molecule has 0 atom stereocenters. The largest absolute Gasteiger partial charge is 0.462 e. The second kappa shape index (κ2) is 8.50. The highest BCUT2D eigenvalue weighted by Crippen LogP contribution is 2.24. The van der Waals surface area contributed by atoms with Crippen LogP contribution in [0, 0.1) is 11.3 Å². The van der Waals surface area contributed by atoms with Gasteiger partial charge in [0.1, 0.15) is 23.2 Å². The number of ether oxygens (including phenoxy) is 2.